The molecule has 2 aliphatic heterocycles. The lowest BCUT2D eigenvalue weighted by molar-refractivity contribution is -0.147. The van der Waals surface area contributed by atoms with Crippen molar-refractivity contribution in [3.8, 4) is 0 Å². The Kier molecular flexibility index (Phi) is 11.4. The van der Waals surface area contributed by atoms with E-state index in [0.717, 1.165) is 51.9 Å². The van der Waals surface area contributed by atoms with Crippen LogP contribution in [-0.2, 0) is 9.53 Å². The second-order valence-corrected chi connectivity index (χ2v) is 6.39. The lowest BCUT2D eigenvalue weighted by Crippen LogP contribution is -2.57. The highest BCUT2D eigenvalue weighted by Crippen LogP contribution is 2.23. The van der Waals surface area contributed by atoms with Gasteiger partial charge in [0.1, 0.15) is 5.60 Å². The second kappa shape index (κ2) is 11.5. The fraction of sp³-hybridized carbons (Fsp3) is 0.938. The molecule has 0 aliphatic carbocycles. The minimum atomic E-state index is -0.607. The smallest absolute Gasteiger partial charge is 0.252 e. The van der Waals surface area contributed by atoms with Gasteiger partial charge >= 0.3 is 0 Å². The first kappa shape index (κ1) is 22.9. The van der Waals surface area contributed by atoms with Gasteiger partial charge in [0.2, 0.25) is 0 Å². The number of unbranched alkanes of at least 4 members (excludes halogenated alkanes) is 1. The number of methoxy groups -OCH3 is 1. The van der Waals surface area contributed by atoms with E-state index >= 15 is 0 Å². The van der Waals surface area contributed by atoms with Gasteiger partial charge in [-0.1, -0.05) is 13.3 Å². The van der Waals surface area contributed by atoms with E-state index in [9.17, 15) is 4.79 Å². The fourth-order valence-electron chi connectivity index (χ4n) is 3.35. The number of ether oxygens (including phenoxy) is 1. The third kappa shape index (κ3) is 6.39. The van der Waals surface area contributed by atoms with Gasteiger partial charge in [-0.15, -0.1) is 24.8 Å². The van der Waals surface area contributed by atoms with Crippen molar-refractivity contribution in [1.29, 1.82) is 0 Å². The summed E-state index contributed by atoms with van der Waals surface area (Å²) in [5.41, 5.74) is -0.607. The maximum Gasteiger partial charge on any atom is 0.252 e. The lowest BCUT2D eigenvalue weighted by Gasteiger charge is -2.38. The second-order valence-electron chi connectivity index (χ2n) is 6.39. The molecule has 0 radical (unpaired) electrons. The van der Waals surface area contributed by atoms with Crippen LogP contribution in [0.15, 0.2) is 0 Å². The average Bonchev–Trinajstić information content (AvgIpc) is 2.54. The molecule has 2 aliphatic rings. The standard InChI is InChI=1S/C16H31N3O2.2ClH/c1-3-4-11-19-12-5-14(6-13-19)18-15(20)16(21-2)7-9-17-10-8-16;;/h14,17H,3-13H2,1-2H3,(H,18,20);2*1H. The van der Waals surface area contributed by atoms with Gasteiger partial charge in [-0.3, -0.25) is 4.79 Å². The molecule has 138 valence electrons. The Morgan fingerprint density at radius 2 is 1.87 bits per heavy atom. The number of hydrogen-bond acceptors (Lipinski definition) is 4. The topological polar surface area (TPSA) is 53.6 Å². The number of hydrogen-bond donors (Lipinski definition) is 2. The van der Waals surface area contributed by atoms with Crippen LogP contribution in [0.4, 0.5) is 0 Å². The van der Waals surface area contributed by atoms with E-state index in [1.807, 2.05) is 0 Å². The van der Waals surface area contributed by atoms with Crippen LogP contribution in [0.1, 0.15) is 45.4 Å². The Bertz CT molecular complexity index is 331. The zero-order valence-corrected chi connectivity index (χ0v) is 16.1. The zero-order chi connectivity index (χ0) is 15.1. The zero-order valence-electron chi connectivity index (χ0n) is 14.4. The molecule has 7 heteroatoms. The molecular weight excluding hydrogens is 337 g/mol. The normalized spacial score (nSPS) is 21.8. The molecule has 5 nitrogen and oxygen atoms in total. The number of halogens is 2. The van der Waals surface area contributed by atoms with E-state index < -0.39 is 5.60 Å². The monoisotopic (exact) mass is 369 g/mol. The number of likely N-dealkylation sites (tertiary alicyclic amines) is 1. The number of nitrogens with one attached hydrogen (secondary N) is 2. The van der Waals surface area contributed by atoms with Gasteiger partial charge in [0.15, 0.2) is 0 Å². The van der Waals surface area contributed by atoms with E-state index in [4.69, 9.17) is 4.74 Å². The minimum Gasteiger partial charge on any atom is -0.368 e. The third-order valence-corrected chi connectivity index (χ3v) is 4.97. The molecule has 0 unspecified atom stereocenters. The van der Waals surface area contributed by atoms with Crippen LogP contribution in [0, 0.1) is 0 Å². The van der Waals surface area contributed by atoms with Gasteiger partial charge in [-0.05, 0) is 51.7 Å². The van der Waals surface area contributed by atoms with Crippen LogP contribution in [0.5, 0.6) is 0 Å². The van der Waals surface area contributed by atoms with Crippen molar-refractivity contribution >= 4 is 30.7 Å². The predicted octanol–water partition coefficient (Wildman–Crippen LogP) is 1.98. The summed E-state index contributed by atoms with van der Waals surface area (Å²) in [6.07, 6.45) is 6.19. The minimum absolute atomic E-state index is 0. The Hall–Kier alpha value is -0.0700. The van der Waals surface area contributed by atoms with Crippen molar-refractivity contribution in [2.45, 2.75) is 57.1 Å². The highest BCUT2D eigenvalue weighted by molar-refractivity contribution is 5.86. The molecule has 2 rings (SSSR count). The summed E-state index contributed by atoms with van der Waals surface area (Å²) in [6, 6.07) is 0.317. The fourth-order valence-corrected chi connectivity index (χ4v) is 3.35. The maximum absolute atomic E-state index is 12.6. The highest BCUT2D eigenvalue weighted by Gasteiger charge is 2.40. The number of carbonyl (C=O) groups excluding carboxylic acids is 1. The summed E-state index contributed by atoms with van der Waals surface area (Å²) >= 11 is 0. The first-order valence-electron chi connectivity index (χ1n) is 8.49. The molecular formula is C16H33Cl2N3O2. The van der Waals surface area contributed by atoms with Crippen LogP contribution < -0.4 is 10.6 Å². The Labute approximate surface area is 153 Å². The lowest BCUT2D eigenvalue weighted by atomic mass is 9.90. The van der Waals surface area contributed by atoms with Crippen molar-refractivity contribution in [2.24, 2.45) is 0 Å². The molecule has 0 aromatic heterocycles. The summed E-state index contributed by atoms with van der Waals surface area (Å²) in [4.78, 5) is 15.1. The van der Waals surface area contributed by atoms with Crippen molar-refractivity contribution in [2.75, 3.05) is 39.8 Å². The maximum atomic E-state index is 12.6. The number of nitrogens with zero attached hydrogens (tertiary/aromatic N) is 1. The van der Waals surface area contributed by atoms with Crippen LogP contribution in [0.25, 0.3) is 0 Å². The molecule has 0 atom stereocenters. The van der Waals surface area contributed by atoms with Crippen molar-refractivity contribution < 1.29 is 9.53 Å². The molecule has 0 bridgehead atoms. The highest BCUT2D eigenvalue weighted by atomic mass is 35.5. The van der Waals surface area contributed by atoms with Crippen LogP contribution in [0.2, 0.25) is 0 Å². The summed E-state index contributed by atoms with van der Waals surface area (Å²) in [5, 5.41) is 6.53. The molecule has 2 heterocycles. The predicted molar refractivity (Wildman–Crippen MR) is 98.9 cm³/mol. The van der Waals surface area contributed by atoms with Gasteiger partial charge in [-0.2, -0.15) is 0 Å². The van der Waals surface area contributed by atoms with E-state index in [2.05, 4.69) is 22.5 Å². The van der Waals surface area contributed by atoms with Crippen LogP contribution in [-0.4, -0.2) is 62.3 Å². The SMILES string of the molecule is CCCCN1CCC(NC(=O)C2(OC)CCNCC2)CC1.Cl.Cl. The summed E-state index contributed by atoms with van der Waals surface area (Å²) < 4.78 is 5.59. The molecule has 2 fully saturated rings. The molecule has 23 heavy (non-hydrogen) atoms. The van der Waals surface area contributed by atoms with Crippen molar-refractivity contribution in [3.05, 3.63) is 0 Å². The van der Waals surface area contributed by atoms with Gasteiger partial charge < -0.3 is 20.3 Å². The Morgan fingerprint density at radius 1 is 1.26 bits per heavy atom. The number of rotatable bonds is 6. The first-order chi connectivity index (χ1) is 10.2. The average molecular weight is 370 g/mol. The van der Waals surface area contributed by atoms with Gasteiger partial charge in [0, 0.05) is 26.2 Å². The van der Waals surface area contributed by atoms with E-state index in [0.29, 0.717) is 6.04 Å². The number of carbonyl (C=O) groups is 1. The van der Waals surface area contributed by atoms with Crippen LogP contribution >= 0.6 is 24.8 Å². The number of piperidine rings is 2. The van der Waals surface area contributed by atoms with Gasteiger partial charge in [0.05, 0.1) is 0 Å². The van der Waals surface area contributed by atoms with E-state index in [1.165, 1.54) is 19.4 Å². The molecule has 2 N–H and O–H groups in total. The van der Waals surface area contributed by atoms with E-state index in [-0.39, 0.29) is 30.7 Å². The van der Waals surface area contributed by atoms with Gasteiger partial charge in [0.25, 0.3) is 5.91 Å². The van der Waals surface area contributed by atoms with Crippen LogP contribution in [0.3, 0.4) is 0 Å². The Morgan fingerprint density at radius 3 is 2.39 bits per heavy atom. The van der Waals surface area contributed by atoms with Gasteiger partial charge in [-0.25, -0.2) is 0 Å². The third-order valence-electron chi connectivity index (χ3n) is 4.97. The summed E-state index contributed by atoms with van der Waals surface area (Å²) in [7, 11) is 1.66. The first-order valence-corrected chi connectivity index (χ1v) is 8.49. The summed E-state index contributed by atoms with van der Waals surface area (Å²) in [6.45, 7) is 7.35. The molecule has 0 saturated carbocycles. The van der Waals surface area contributed by atoms with E-state index in [1.54, 1.807) is 7.11 Å². The van der Waals surface area contributed by atoms with Crippen molar-refractivity contribution in [1.82, 2.24) is 15.5 Å². The largest absolute Gasteiger partial charge is 0.368 e. The Balaban J connectivity index is 0.00000242. The summed E-state index contributed by atoms with van der Waals surface area (Å²) in [5.74, 6) is 0.0958. The molecule has 0 aromatic rings. The molecule has 2 saturated heterocycles. The molecule has 1 amide bonds. The molecule has 0 aromatic carbocycles. The molecule has 0 spiro atoms. The quantitative estimate of drug-likeness (QED) is 0.751. The number of amides is 1. The van der Waals surface area contributed by atoms with Crippen molar-refractivity contribution in [3.63, 3.8) is 0 Å².